The molecule has 0 radical (unpaired) electrons. The van der Waals surface area contributed by atoms with Crippen molar-refractivity contribution in [3.63, 3.8) is 0 Å². The van der Waals surface area contributed by atoms with Crippen LogP contribution in [0.25, 0.3) is 21.7 Å². The Hall–Kier alpha value is -3.10. The topological polar surface area (TPSA) is 83.9 Å². The van der Waals surface area contributed by atoms with Crippen molar-refractivity contribution < 1.29 is 19.5 Å². The van der Waals surface area contributed by atoms with Crippen molar-refractivity contribution in [3.05, 3.63) is 53.5 Å². The smallest absolute Gasteiger partial charge is 0.341 e. The average molecular weight is 440 g/mol. The van der Waals surface area contributed by atoms with Crippen LogP contribution in [-0.2, 0) is 0 Å². The molecule has 2 aromatic carbocycles. The van der Waals surface area contributed by atoms with Crippen molar-refractivity contribution in [2.24, 2.45) is 0 Å². The summed E-state index contributed by atoms with van der Waals surface area (Å²) >= 11 is 1.70. The standard InChI is InChI=1S/C23H25N3O4S/c1-29-18-7-3-15(4-8-18)20-21(16-5-9-19(30-2)10-6-16)31-22(24-20)17-11-13-26(14-12-17)23(27)25-28/h3-10,17,28H,11-14H2,1-2H3,(H,25,27). The number of ether oxygens (including phenoxy) is 2. The second-order valence-corrected chi connectivity index (χ2v) is 8.40. The number of urea groups is 1. The van der Waals surface area contributed by atoms with Crippen molar-refractivity contribution in [1.82, 2.24) is 15.4 Å². The second-order valence-electron chi connectivity index (χ2n) is 7.37. The average Bonchev–Trinajstić information content (AvgIpc) is 3.29. The Morgan fingerprint density at radius 3 is 2.06 bits per heavy atom. The number of carbonyl (C=O) groups excluding carboxylic acids is 1. The predicted octanol–water partition coefficient (Wildman–Crippen LogP) is 4.77. The summed E-state index contributed by atoms with van der Waals surface area (Å²) in [5, 5.41) is 9.94. The summed E-state index contributed by atoms with van der Waals surface area (Å²) < 4.78 is 10.6. The third-order valence-corrected chi connectivity index (χ3v) is 6.85. The number of nitrogens with zero attached hydrogens (tertiary/aromatic N) is 2. The summed E-state index contributed by atoms with van der Waals surface area (Å²) in [6, 6.07) is 15.5. The first-order valence-corrected chi connectivity index (χ1v) is 10.9. The molecule has 1 saturated heterocycles. The van der Waals surface area contributed by atoms with Gasteiger partial charge in [-0.3, -0.25) is 5.21 Å². The molecule has 0 saturated carbocycles. The van der Waals surface area contributed by atoms with Crippen LogP contribution in [0.3, 0.4) is 0 Å². The summed E-state index contributed by atoms with van der Waals surface area (Å²) in [7, 11) is 3.31. The van der Waals surface area contributed by atoms with Gasteiger partial charge >= 0.3 is 6.03 Å². The first-order valence-electron chi connectivity index (χ1n) is 10.1. The molecule has 0 atom stereocenters. The molecule has 1 aliphatic rings. The third-order valence-electron chi connectivity index (χ3n) is 5.59. The fourth-order valence-electron chi connectivity index (χ4n) is 3.79. The van der Waals surface area contributed by atoms with E-state index in [0.29, 0.717) is 13.1 Å². The number of thiazole rings is 1. The normalized spacial score (nSPS) is 14.4. The minimum absolute atomic E-state index is 0.275. The van der Waals surface area contributed by atoms with Gasteiger partial charge in [-0.25, -0.2) is 15.3 Å². The molecule has 1 fully saturated rings. The van der Waals surface area contributed by atoms with Gasteiger partial charge in [0.2, 0.25) is 0 Å². The van der Waals surface area contributed by atoms with Crippen molar-refractivity contribution >= 4 is 17.4 Å². The van der Waals surface area contributed by atoms with Gasteiger partial charge in [-0.2, -0.15) is 0 Å². The maximum absolute atomic E-state index is 11.7. The van der Waals surface area contributed by atoms with Crippen molar-refractivity contribution in [3.8, 4) is 33.2 Å². The lowest BCUT2D eigenvalue weighted by Gasteiger charge is -2.30. The van der Waals surface area contributed by atoms with E-state index in [1.807, 2.05) is 36.4 Å². The number of likely N-dealkylation sites (tertiary alicyclic amines) is 1. The van der Waals surface area contributed by atoms with Gasteiger partial charge < -0.3 is 14.4 Å². The Morgan fingerprint density at radius 1 is 1.00 bits per heavy atom. The number of rotatable bonds is 5. The SMILES string of the molecule is COc1ccc(-c2nc(C3CCN(C(=O)NO)CC3)sc2-c2ccc(OC)cc2)cc1. The molecule has 1 aliphatic heterocycles. The number of methoxy groups -OCH3 is 2. The molecular weight excluding hydrogens is 414 g/mol. The number of benzene rings is 2. The molecule has 0 spiro atoms. The van der Waals surface area contributed by atoms with Gasteiger partial charge in [-0.15, -0.1) is 11.3 Å². The zero-order valence-electron chi connectivity index (χ0n) is 17.5. The highest BCUT2D eigenvalue weighted by molar-refractivity contribution is 7.15. The first kappa shape index (κ1) is 21.1. The Bertz CT molecular complexity index is 961. The molecule has 0 unspecified atom stereocenters. The number of aromatic nitrogens is 1. The molecule has 8 heteroatoms. The zero-order valence-corrected chi connectivity index (χ0v) is 18.3. The van der Waals surface area contributed by atoms with Crippen LogP contribution in [0.1, 0.15) is 23.8 Å². The van der Waals surface area contributed by atoms with Gasteiger partial charge in [0.1, 0.15) is 11.5 Å². The van der Waals surface area contributed by atoms with E-state index in [4.69, 9.17) is 19.7 Å². The van der Waals surface area contributed by atoms with E-state index in [9.17, 15) is 4.79 Å². The molecule has 2 heterocycles. The van der Waals surface area contributed by atoms with Gasteiger partial charge in [-0.05, 0) is 66.9 Å². The Balaban J connectivity index is 1.67. The van der Waals surface area contributed by atoms with Crippen LogP contribution in [0.4, 0.5) is 4.79 Å². The molecule has 162 valence electrons. The fourth-order valence-corrected chi connectivity index (χ4v) is 5.06. The molecule has 2 N–H and O–H groups in total. The Labute approximate surface area is 185 Å². The number of hydrogen-bond donors (Lipinski definition) is 2. The van der Waals surface area contributed by atoms with Crippen LogP contribution in [0.2, 0.25) is 0 Å². The van der Waals surface area contributed by atoms with Crippen molar-refractivity contribution in [2.45, 2.75) is 18.8 Å². The lowest BCUT2D eigenvalue weighted by atomic mass is 9.97. The molecule has 2 amide bonds. The van der Waals surface area contributed by atoms with Crippen LogP contribution in [0.5, 0.6) is 11.5 Å². The molecule has 4 rings (SSSR count). The Morgan fingerprint density at radius 2 is 1.55 bits per heavy atom. The van der Waals surface area contributed by atoms with E-state index in [1.54, 1.807) is 35.9 Å². The zero-order chi connectivity index (χ0) is 21.8. The molecular formula is C23H25N3O4S. The largest absolute Gasteiger partial charge is 0.497 e. The van der Waals surface area contributed by atoms with Gasteiger partial charge in [0.05, 0.1) is 29.8 Å². The summed E-state index contributed by atoms with van der Waals surface area (Å²) in [4.78, 5) is 19.5. The lowest BCUT2D eigenvalue weighted by Crippen LogP contribution is -2.42. The van der Waals surface area contributed by atoms with Crippen molar-refractivity contribution in [2.75, 3.05) is 27.3 Å². The maximum atomic E-state index is 11.7. The van der Waals surface area contributed by atoms with Crippen LogP contribution >= 0.6 is 11.3 Å². The van der Waals surface area contributed by atoms with E-state index >= 15 is 0 Å². The Kier molecular flexibility index (Phi) is 6.39. The van der Waals surface area contributed by atoms with Crippen molar-refractivity contribution in [1.29, 1.82) is 0 Å². The van der Waals surface area contributed by atoms with E-state index in [1.165, 1.54) is 0 Å². The molecule has 7 nitrogen and oxygen atoms in total. The summed E-state index contributed by atoms with van der Waals surface area (Å²) in [5.41, 5.74) is 4.79. The molecule has 1 aromatic heterocycles. The van der Waals surface area contributed by atoms with E-state index in [-0.39, 0.29) is 5.92 Å². The van der Waals surface area contributed by atoms with Crippen LogP contribution in [0.15, 0.2) is 48.5 Å². The highest BCUT2D eigenvalue weighted by Crippen LogP contribution is 2.42. The minimum Gasteiger partial charge on any atom is -0.497 e. The van der Waals surface area contributed by atoms with Crippen LogP contribution in [-0.4, -0.2) is 48.4 Å². The summed E-state index contributed by atoms with van der Waals surface area (Å²) in [6.07, 6.45) is 1.62. The number of carbonyl (C=O) groups is 1. The number of hydrogen-bond acceptors (Lipinski definition) is 6. The monoisotopic (exact) mass is 439 g/mol. The fraction of sp³-hybridized carbons (Fsp3) is 0.304. The van der Waals surface area contributed by atoms with Gasteiger partial charge in [0.25, 0.3) is 0 Å². The molecule has 0 aliphatic carbocycles. The molecule has 31 heavy (non-hydrogen) atoms. The summed E-state index contributed by atoms with van der Waals surface area (Å²) in [5.74, 6) is 1.89. The quantitative estimate of drug-likeness (QED) is 0.442. The highest BCUT2D eigenvalue weighted by Gasteiger charge is 2.27. The van der Waals surface area contributed by atoms with Gasteiger partial charge in [0, 0.05) is 24.6 Å². The van der Waals surface area contributed by atoms with Gasteiger partial charge in [-0.1, -0.05) is 0 Å². The minimum atomic E-state index is -0.449. The third kappa shape index (κ3) is 4.50. The second kappa shape index (κ2) is 9.36. The van der Waals surface area contributed by atoms with Gasteiger partial charge in [0.15, 0.2) is 0 Å². The predicted molar refractivity (Wildman–Crippen MR) is 120 cm³/mol. The first-order chi connectivity index (χ1) is 15.1. The molecule has 0 bridgehead atoms. The lowest BCUT2D eigenvalue weighted by molar-refractivity contribution is 0.120. The van der Waals surface area contributed by atoms with Crippen LogP contribution in [0, 0.1) is 0 Å². The number of nitrogens with one attached hydrogen (secondary N) is 1. The van der Waals surface area contributed by atoms with E-state index in [0.717, 1.165) is 51.0 Å². The summed E-state index contributed by atoms with van der Waals surface area (Å²) in [6.45, 7) is 1.18. The van der Waals surface area contributed by atoms with E-state index in [2.05, 4.69) is 12.1 Å². The van der Waals surface area contributed by atoms with E-state index < -0.39 is 6.03 Å². The number of amides is 2. The van der Waals surface area contributed by atoms with Crippen LogP contribution < -0.4 is 15.0 Å². The number of hydroxylamine groups is 1. The maximum Gasteiger partial charge on any atom is 0.341 e. The number of piperidine rings is 1. The molecule has 3 aromatic rings. The highest BCUT2D eigenvalue weighted by atomic mass is 32.1.